The van der Waals surface area contributed by atoms with E-state index in [9.17, 15) is 26.4 Å². The topological polar surface area (TPSA) is 97.5 Å². The minimum atomic E-state index is -3.34. The van der Waals surface area contributed by atoms with Crippen LogP contribution in [-0.4, -0.2) is 24.2 Å². The van der Waals surface area contributed by atoms with Gasteiger partial charge in [-0.15, -0.1) is 0 Å². The highest BCUT2D eigenvalue weighted by Gasteiger charge is 2.23. The van der Waals surface area contributed by atoms with Crippen molar-refractivity contribution in [2.24, 2.45) is 5.14 Å². The maximum absolute atomic E-state index is 13.0. The monoisotopic (exact) mass is 355 g/mol. The van der Waals surface area contributed by atoms with Crippen LogP contribution in [0.15, 0.2) is 12.1 Å². The second-order valence-electron chi connectivity index (χ2n) is 5.76. The third kappa shape index (κ3) is 7.98. The summed E-state index contributed by atoms with van der Waals surface area (Å²) in [5.74, 6) is -4.21. The van der Waals surface area contributed by atoms with Crippen molar-refractivity contribution in [1.29, 1.82) is 0 Å². The van der Waals surface area contributed by atoms with E-state index in [1.54, 1.807) is 20.8 Å². The summed E-state index contributed by atoms with van der Waals surface area (Å²) in [5, 5.41) is 13.1. The molecule has 0 saturated heterocycles. The molecule has 132 valence electrons. The molecule has 0 aliphatic carbocycles. The maximum Gasteiger partial charge on any atom is 0.303 e. The van der Waals surface area contributed by atoms with Gasteiger partial charge in [0.1, 0.15) is 5.82 Å². The number of nitrogens with two attached hydrogens (primary N) is 1. The van der Waals surface area contributed by atoms with Crippen molar-refractivity contribution in [1.82, 2.24) is 0 Å². The fraction of sp³-hybridized carbons (Fsp3) is 0.500. The van der Waals surface area contributed by atoms with Crippen LogP contribution in [0.4, 0.5) is 13.2 Å². The lowest BCUT2D eigenvalue weighted by Crippen LogP contribution is -2.34. The SMILES string of the molecule is CC(C)(C)S(N)(=O)=O.O=C(O)CCCc1cc(F)c(F)cc1F. The Morgan fingerprint density at radius 1 is 1.13 bits per heavy atom. The Kier molecular flexibility index (Phi) is 7.72. The van der Waals surface area contributed by atoms with Crippen molar-refractivity contribution in [3.8, 4) is 0 Å². The van der Waals surface area contributed by atoms with E-state index in [1.165, 1.54) is 0 Å². The van der Waals surface area contributed by atoms with Gasteiger partial charge in [-0.25, -0.2) is 26.7 Å². The highest BCUT2D eigenvalue weighted by Crippen LogP contribution is 2.15. The van der Waals surface area contributed by atoms with E-state index in [0.29, 0.717) is 6.07 Å². The molecule has 0 atom stereocenters. The summed E-state index contributed by atoms with van der Waals surface area (Å²) in [6, 6.07) is 1.22. The van der Waals surface area contributed by atoms with Crippen LogP contribution in [0.1, 0.15) is 39.2 Å². The van der Waals surface area contributed by atoms with Gasteiger partial charge in [-0.3, -0.25) is 4.79 Å². The van der Waals surface area contributed by atoms with Crippen LogP contribution in [-0.2, 0) is 21.2 Å². The van der Waals surface area contributed by atoms with Crippen LogP contribution in [0.5, 0.6) is 0 Å². The Balaban J connectivity index is 0.000000515. The number of halogens is 3. The van der Waals surface area contributed by atoms with Crippen molar-refractivity contribution >= 4 is 16.0 Å². The van der Waals surface area contributed by atoms with Gasteiger partial charge >= 0.3 is 5.97 Å². The van der Waals surface area contributed by atoms with Crippen LogP contribution in [0, 0.1) is 17.5 Å². The van der Waals surface area contributed by atoms with E-state index in [1.807, 2.05) is 0 Å². The predicted octanol–water partition coefficient (Wildman–Crippen LogP) is 2.58. The van der Waals surface area contributed by atoms with Crippen LogP contribution >= 0.6 is 0 Å². The molecular weight excluding hydrogens is 335 g/mol. The minimum absolute atomic E-state index is 0.00449. The molecule has 0 unspecified atom stereocenters. The first kappa shape index (κ1) is 21.4. The van der Waals surface area contributed by atoms with Crippen LogP contribution in [0.2, 0.25) is 0 Å². The molecule has 1 aromatic carbocycles. The third-order valence-electron chi connectivity index (χ3n) is 2.78. The van der Waals surface area contributed by atoms with Gasteiger partial charge in [0.25, 0.3) is 0 Å². The van der Waals surface area contributed by atoms with Crippen molar-refractivity contribution in [3.63, 3.8) is 0 Å². The Morgan fingerprint density at radius 2 is 1.57 bits per heavy atom. The molecule has 0 fully saturated rings. The molecule has 0 saturated carbocycles. The second-order valence-corrected chi connectivity index (χ2v) is 8.08. The summed E-state index contributed by atoms with van der Waals surface area (Å²) in [7, 11) is -3.34. The molecule has 0 amide bonds. The average molecular weight is 355 g/mol. The number of hydrogen-bond donors (Lipinski definition) is 2. The quantitative estimate of drug-likeness (QED) is 0.811. The van der Waals surface area contributed by atoms with Gasteiger partial charge in [-0.2, -0.15) is 0 Å². The highest BCUT2D eigenvalue weighted by molar-refractivity contribution is 7.90. The number of sulfonamides is 1. The molecule has 0 heterocycles. The molecule has 3 N–H and O–H groups in total. The first-order valence-corrected chi connectivity index (χ1v) is 8.18. The Morgan fingerprint density at radius 3 is 1.96 bits per heavy atom. The predicted molar refractivity (Wildman–Crippen MR) is 79.8 cm³/mol. The number of primary sulfonamides is 1. The smallest absolute Gasteiger partial charge is 0.303 e. The third-order valence-corrected chi connectivity index (χ3v) is 4.49. The fourth-order valence-electron chi connectivity index (χ4n) is 1.19. The number of aryl methyl sites for hydroxylation is 1. The number of benzene rings is 1. The first-order chi connectivity index (χ1) is 10.3. The Bertz CT molecular complexity index is 655. The number of carboxylic acids is 1. The van der Waals surface area contributed by atoms with Gasteiger partial charge in [-0.1, -0.05) is 0 Å². The van der Waals surface area contributed by atoms with Crippen molar-refractivity contribution in [3.05, 3.63) is 35.1 Å². The molecule has 1 aromatic rings. The number of carboxylic acid groups (broad SMARTS) is 1. The summed E-state index contributed by atoms with van der Waals surface area (Å²) in [6.07, 6.45) is 0.144. The number of hydrogen-bond acceptors (Lipinski definition) is 3. The van der Waals surface area contributed by atoms with Crippen molar-refractivity contribution < 1.29 is 31.5 Å². The molecule has 0 radical (unpaired) electrons. The number of rotatable bonds is 4. The van der Waals surface area contributed by atoms with Crippen LogP contribution in [0.3, 0.4) is 0 Å². The minimum Gasteiger partial charge on any atom is -0.481 e. The fourth-order valence-corrected chi connectivity index (χ4v) is 1.19. The van der Waals surface area contributed by atoms with E-state index >= 15 is 0 Å². The highest BCUT2D eigenvalue weighted by atomic mass is 32.2. The normalized spacial score (nSPS) is 11.6. The molecule has 0 bridgehead atoms. The van der Waals surface area contributed by atoms with Gasteiger partial charge in [0.05, 0.1) is 4.75 Å². The second kappa shape index (κ2) is 8.30. The summed E-state index contributed by atoms with van der Waals surface area (Å²) in [6.45, 7) is 4.67. The maximum atomic E-state index is 13.0. The first-order valence-electron chi connectivity index (χ1n) is 6.63. The van der Waals surface area contributed by atoms with Crippen molar-refractivity contribution in [2.45, 2.75) is 44.8 Å². The zero-order chi connectivity index (χ0) is 18.4. The summed E-state index contributed by atoms with van der Waals surface area (Å²) >= 11 is 0. The summed E-state index contributed by atoms with van der Waals surface area (Å²) in [5.41, 5.74) is -0.00449. The van der Waals surface area contributed by atoms with Gasteiger partial charge in [-0.05, 0) is 45.2 Å². The lowest BCUT2D eigenvalue weighted by Gasteiger charge is -2.13. The van der Waals surface area contributed by atoms with E-state index in [0.717, 1.165) is 6.07 Å². The number of aliphatic carboxylic acids is 1. The molecule has 0 aromatic heterocycles. The molecular formula is C14H20F3NO4S. The number of carbonyl (C=O) groups is 1. The standard InChI is InChI=1S/C10H9F3O2.C4H11NO2S/c11-7-5-9(13)8(12)4-6(7)2-1-3-10(14)15;1-4(2,3)8(5,6)7/h4-5H,1-3H2,(H,14,15);1-3H3,(H2,5,6,7). The largest absolute Gasteiger partial charge is 0.481 e. The van der Waals surface area contributed by atoms with Crippen molar-refractivity contribution in [2.75, 3.05) is 0 Å². The summed E-state index contributed by atoms with van der Waals surface area (Å²) in [4.78, 5) is 10.2. The zero-order valence-corrected chi connectivity index (χ0v) is 13.9. The van der Waals surface area contributed by atoms with Gasteiger partial charge in [0.15, 0.2) is 11.6 Å². The average Bonchev–Trinajstić information content (AvgIpc) is 2.33. The van der Waals surface area contributed by atoms with Gasteiger partial charge < -0.3 is 5.11 Å². The Labute approximate surface area is 133 Å². The van der Waals surface area contributed by atoms with Gasteiger partial charge in [0.2, 0.25) is 10.0 Å². The molecule has 23 heavy (non-hydrogen) atoms. The molecule has 0 spiro atoms. The van der Waals surface area contributed by atoms with E-state index in [-0.39, 0.29) is 24.8 Å². The van der Waals surface area contributed by atoms with E-state index in [4.69, 9.17) is 10.2 Å². The molecule has 0 aliphatic rings. The van der Waals surface area contributed by atoms with E-state index in [2.05, 4.69) is 0 Å². The van der Waals surface area contributed by atoms with Crippen LogP contribution in [0.25, 0.3) is 0 Å². The van der Waals surface area contributed by atoms with E-state index < -0.39 is 38.2 Å². The van der Waals surface area contributed by atoms with Gasteiger partial charge in [0, 0.05) is 12.5 Å². The lowest BCUT2D eigenvalue weighted by molar-refractivity contribution is -0.137. The van der Waals surface area contributed by atoms with Crippen LogP contribution < -0.4 is 5.14 Å². The zero-order valence-electron chi connectivity index (χ0n) is 13.1. The molecule has 5 nitrogen and oxygen atoms in total. The molecule has 1 rings (SSSR count). The summed E-state index contributed by atoms with van der Waals surface area (Å²) < 4.78 is 58.2. The lowest BCUT2D eigenvalue weighted by atomic mass is 10.1. The Hall–Kier alpha value is -1.61. The molecule has 9 heteroatoms. The molecule has 0 aliphatic heterocycles.